The summed E-state index contributed by atoms with van der Waals surface area (Å²) in [5.41, 5.74) is 0. The molecule has 1 atom stereocenters. The van der Waals surface area contributed by atoms with Crippen molar-refractivity contribution in [3.05, 3.63) is 49.2 Å². The SMILES string of the molecule is O=C(c1nccs1)N1CCC(NC2CN(C(=O)c3sc4cc(Br)ccc4c3Cl)C2)C1. The lowest BCUT2D eigenvalue weighted by molar-refractivity contribution is 0.0558. The minimum atomic E-state index is -0.0117. The van der Waals surface area contributed by atoms with E-state index >= 15 is 0 Å². The van der Waals surface area contributed by atoms with Gasteiger partial charge in [0.1, 0.15) is 4.88 Å². The Kier molecular flexibility index (Phi) is 5.57. The number of hydrogen-bond acceptors (Lipinski definition) is 6. The topological polar surface area (TPSA) is 65.5 Å². The summed E-state index contributed by atoms with van der Waals surface area (Å²) in [5, 5.41) is 7.41. The Balaban J connectivity index is 1.16. The van der Waals surface area contributed by atoms with Crippen molar-refractivity contribution in [2.45, 2.75) is 18.5 Å². The van der Waals surface area contributed by atoms with Crippen molar-refractivity contribution in [3.63, 3.8) is 0 Å². The number of thiophene rings is 1. The quantitative estimate of drug-likeness (QED) is 0.557. The van der Waals surface area contributed by atoms with E-state index in [9.17, 15) is 9.59 Å². The van der Waals surface area contributed by atoms with E-state index < -0.39 is 0 Å². The average molecular weight is 526 g/mol. The van der Waals surface area contributed by atoms with Gasteiger partial charge in [-0.25, -0.2) is 4.98 Å². The molecule has 2 saturated heterocycles. The lowest BCUT2D eigenvalue weighted by atomic mass is 10.1. The molecule has 2 fully saturated rings. The molecule has 10 heteroatoms. The van der Waals surface area contributed by atoms with Gasteiger partial charge in [0.25, 0.3) is 11.8 Å². The Morgan fingerprint density at radius 3 is 2.73 bits per heavy atom. The molecule has 0 radical (unpaired) electrons. The predicted molar refractivity (Wildman–Crippen MR) is 124 cm³/mol. The number of rotatable bonds is 4. The normalized spacial score (nSPS) is 19.5. The highest BCUT2D eigenvalue weighted by Gasteiger charge is 2.36. The third-order valence-electron chi connectivity index (χ3n) is 5.52. The molecular formula is C20H18BrClN4O2S2. The van der Waals surface area contributed by atoms with Crippen LogP contribution in [0.15, 0.2) is 34.2 Å². The molecule has 4 heterocycles. The Morgan fingerprint density at radius 2 is 1.97 bits per heavy atom. The molecule has 0 aliphatic carbocycles. The van der Waals surface area contributed by atoms with Crippen molar-refractivity contribution in [1.29, 1.82) is 0 Å². The molecule has 6 nitrogen and oxygen atoms in total. The summed E-state index contributed by atoms with van der Waals surface area (Å²) >= 11 is 12.8. The van der Waals surface area contributed by atoms with Crippen LogP contribution in [-0.4, -0.2) is 64.9 Å². The van der Waals surface area contributed by atoms with Gasteiger partial charge in [0.15, 0.2) is 5.01 Å². The Morgan fingerprint density at radius 1 is 1.17 bits per heavy atom. The van der Waals surface area contributed by atoms with Crippen molar-refractivity contribution in [2.24, 2.45) is 0 Å². The fraction of sp³-hybridized carbons (Fsp3) is 0.350. The van der Waals surface area contributed by atoms with E-state index in [1.807, 2.05) is 33.4 Å². The van der Waals surface area contributed by atoms with Crippen LogP contribution in [0.5, 0.6) is 0 Å². The number of thiazole rings is 1. The third kappa shape index (κ3) is 3.78. The smallest absolute Gasteiger partial charge is 0.282 e. The summed E-state index contributed by atoms with van der Waals surface area (Å²) in [6, 6.07) is 6.36. The van der Waals surface area contributed by atoms with E-state index in [1.165, 1.54) is 22.7 Å². The molecule has 156 valence electrons. The number of nitrogens with one attached hydrogen (secondary N) is 1. The second-order valence-electron chi connectivity index (χ2n) is 7.53. The zero-order valence-electron chi connectivity index (χ0n) is 15.8. The number of aromatic nitrogens is 1. The summed E-state index contributed by atoms with van der Waals surface area (Å²) in [6.45, 7) is 2.73. The summed E-state index contributed by atoms with van der Waals surface area (Å²) in [7, 11) is 0. The number of amides is 2. The Bertz CT molecular complexity index is 1110. The maximum Gasteiger partial charge on any atom is 0.282 e. The second kappa shape index (κ2) is 8.20. The van der Waals surface area contributed by atoms with Gasteiger partial charge >= 0.3 is 0 Å². The second-order valence-corrected chi connectivity index (χ2v) is 10.8. The first-order chi connectivity index (χ1) is 14.5. The molecule has 1 N–H and O–H groups in total. The number of benzene rings is 1. The molecule has 2 aromatic heterocycles. The molecule has 3 aromatic rings. The zero-order chi connectivity index (χ0) is 20.8. The van der Waals surface area contributed by atoms with Crippen molar-refractivity contribution in [1.82, 2.24) is 20.1 Å². The molecule has 1 aromatic carbocycles. The van der Waals surface area contributed by atoms with Crippen LogP contribution < -0.4 is 5.32 Å². The van der Waals surface area contributed by atoms with Gasteiger partial charge < -0.3 is 15.1 Å². The number of hydrogen-bond donors (Lipinski definition) is 1. The van der Waals surface area contributed by atoms with Gasteiger partial charge in [-0.1, -0.05) is 33.6 Å². The molecule has 2 aliphatic rings. The molecule has 1 unspecified atom stereocenters. The number of fused-ring (bicyclic) bond motifs is 1. The minimum absolute atomic E-state index is 0.00533. The van der Waals surface area contributed by atoms with Crippen LogP contribution in [-0.2, 0) is 0 Å². The van der Waals surface area contributed by atoms with Gasteiger partial charge in [0.2, 0.25) is 0 Å². The van der Waals surface area contributed by atoms with Gasteiger partial charge in [-0.3, -0.25) is 9.59 Å². The minimum Gasteiger partial charge on any atom is -0.335 e. The third-order valence-corrected chi connectivity index (χ3v) is 8.42. The van der Waals surface area contributed by atoms with Crippen LogP contribution >= 0.6 is 50.2 Å². The van der Waals surface area contributed by atoms with E-state index in [-0.39, 0.29) is 23.9 Å². The number of carbonyl (C=O) groups excluding carboxylic acids is 2. The summed E-state index contributed by atoms with van der Waals surface area (Å²) < 4.78 is 1.97. The molecule has 2 amide bonds. The molecule has 30 heavy (non-hydrogen) atoms. The molecular weight excluding hydrogens is 508 g/mol. The average Bonchev–Trinajstić information content (AvgIpc) is 3.44. The summed E-state index contributed by atoms with van der Waals surface area (Å²) in [4.78, 5) is 33.7. The maximum absolute atomic E-state index is 12.9. The monoisotopic (exact) mass is 524 g/mol. The summed E-state index contributed by atoms with van der Waals surface area (Å²) in [6.07, 6.45) is 2.57. The highest BCUT2D eigenvalue weighted by atomic mass is 79.9. The van der Waals surface area contributed by atoms with Crippen LogP contribution in [0.3, 0.4) is 0 Å². The van der Waals surface area contributed by atoms with Gasteiger partial charge in [0, 0.05) is 64.4 Å². The Labute approximate surface area is 195 Å². The van der Waals surface area contributed by atoms with Crippen molar-refractivity contribution in [3.8, 4) is 0 Å². The number of likely N-dealkylation sites (tertiary alicyclic amines) is 2. The highest BCUT2D eigenvalue weighted by molar-refractivity contribution is 9.10. The summed E-state index contributed by atoms with van der Waals surface area (Å²) in [5.74, 6) is -0.00637. The van der Waals surface area contributed by atoms with Crippen LogP contribution in [0.2, 0.25) is 5.02 Å². The van der Waals surface area contributed by atoms with E-state index in [2.05, 4.69) is 26.2 Å². The maximum atomic E-state index is 12.9. The predicted octanol–water partition coefficient (Wildman–Crippen LogP) is 4.10. The van der Waals surface area contributed by atoms with Gasteiger partial charge in [-0.2, -0.15) is 0 Å². The molecule has 0 spiro atoms. The number of carbonyl (C=O) groups is 2. The van der Waals surface area contributed by atoms with Crippen LogP contribution in [0.4, 0.5) is 0 Å². The van der Waals surface area contributed by atoms with Crippen molar-refractivity contribution >= 4 is 72.1 Å². The number of halogens is 2. The van der Waals surface area contributed by atoms with Gasteiger partial charge in [-0.15, -0.1) is 22.7 Å². The first-order valence-electron chi connectivity index (χ1n) is 9.61. The highest BCUT2D eigenvalue weighted by Crippen LogP contribution is 2.38. The molecule has 0 saturated carbocycles. The van der Waals surface area contributed by atoms with E-state index in [1.54, 1.807) is 6.20 Å². The largest absolute Gasteiger partial charge is 0.335 e. The molecule has 0 bridgehead atoms. The molecule has 5 rings (SSSR count). The van der Waals surface area contributed by atoms with Gasteiger partial charge in [0.05, 0.1) is 5.02 Å². The van der Waals surface area contributed by atoms with Gasteiger partial charge in [-0.05, 0) is 18.6 Å². The number of nitrogens with zero attached hydrogens (tertiary/aromatic N) is 3. The van der Waals surface area contributed by atoms with Crippen LogP contribution in [0.1, 0.15) is 25.9 Å². The first kappa shape index (κ1) is 20.4. The van der Waals surface area contributed by atoms with E-state index in [0.717, 1.165) is 27.5 Å². The zero-order valence-corrected chi connectivity index (χ0v) is 19.8. The van der Waals surface area contributed by atoms with Crippen molar-refractivity contribution in [2.75, 3.05) is 26.2 Å². The lowest BCUT2D eigenvalue weighted by Gasteiger charge is -2.41. The van der Waals surface area contributed by atoms with Crippen molar-refractivity contribution < 1.29 is 9.59 Å². The fourth-order valence-electron chi connectivity index (χ4n) is 3.95. The first-order valence-corrected chi connectivity index (χ1v) is 12.5. The van der Waals surface area contributed by atoms with E-state index in [4.69, 9.17) is 11.6 Å². The van der Waals surface area contributed by atoms with Crippen LogP contribution in [0.25, 0.3) is 10.1 Å². The van der Waals surface area contributed by atoms with Crippen LogP contribution in [0, 0.1) is 0 Å². The standard InChI is InChI=1S/C20H18BrClN4O2S2/c21-11-1-2-14-15(7-11)30-17(16(14)22)19(27)26-9-13(10-26)24-12-3-5-25(8-12)20(28)18-23-4-6-29-18/h1-2,4,6-7,12-13,24H,3,5,8-10H2. The fourth-order valence-corrected chi connectivity index (χ4v) is 6.58. The lowest BCUT2D eigenvalue weighted by Crippen LogP contribution is -2.62. The molecule has 2 aliphatic heterocycles. The van der Waals surface area contributed by atoms with E-state index in [0.29, 0.717) is 34.5 Å². The Hall–Kier alpha value is -1.52.